The van der Waals surface area contributed by atoms with Crippen LogP contribution >= 0.6 is 0 Å². The third-order valence-electron chi connectivity index (χ3n) is 7.85. The quantitative estimate of drug-likeness (QED) is 0.427. The monoisotopic (exact) mass is 610 g/mol. The number of rotatable bonds is 6. The molecule has 1 fully saturated rings. The topological polar surface area (TPSA) is 114 Å². The van der Waals surface area contributed by atoms with Crippen LogP contribution < -0.4 is 20.4 Å². The largest absolute Gasteiger partial charge is 0.416 e. The fourth-order valence-corrected chi connectivity index (χ4v) is 5.38. The van der Waals surface area contributed by atoms with Crippen molar-refractivity contribution >= 4 is 46.5 Å². The molecule has 11 nitrogen and oxygen atoms in total. The minimum Gasteiger partial charge on any atom is -0.327 e. The molecular weight excluding hydrogens is 577 g/mol. The first-order valence-corrected chi connectivity index (χ1v) is 14.1. The number of benzene rings is 2. The zero-order chi connectivity index (χ0) is 31.8. The zero-order valence-corrected chi connectivity index (χ0v) is 24.8. The SMILES string of the molecule is CCN1CCN(Cc2ccc(C(=O)Nc3ccc4c(c3)C(=O)N(C)c3cnc(NC(C)=O)nc3N4C)cc2C(F)(F)F)CC1. The van der Waals surface area contributed by atoms with Gasteiger partial charge in [0.15, 0.2) is 5.82 Å². The van der Waals surface area contributed by atoms with E-state index in [4.69, 9.17) is 0 Å². The number of likely N-dealkylation sites (N-methyl/N-ethyl adjacent to an activating group) is 1. The molecule has 0 unspecified atom stereocenters. The summed E-state index contributed by atoms with van der Waals surface area (Å²) in [4.78, 5) is 53.8. The number of aromatic nitrogens is 2. The number of anilines is 5. The molecule has 3 heterocycles. The average Bonchev–Trinajstić information content (AvgIpc) is 3.06. The van der Waals surface area contributed by atoms with Crippen molar-refractivity contribution in [3.8, 4) is 0 Å². The Balaban J connectivity index is 1.38. The second-order valence-corrected chi connectivity index (χ2v) is 10.8. The molecule has 0 bridgehead atoms. The van der Waals surface area contributed by atoms with Crippen molar-refractivity contribution in [1.82, 2.24) is 19.8 Å². The molecule has 1 saturated heterocycles. The lowest BCUT2D eigenvalue weighted by atomic mass is 10.0. The van der Waals surface area contributed by atoms with E-state index in [2.05, 4.69) is 32.4 Å². The number of hydrogen-bond donors (Lipinski definition) is 2. The Hall–Kier alpha value is -4.56. The molecule has 0 radical (unpaired) electrons. The van der Waals surface area contributed by atoms with Gasteiger partial charge in [0.05, 0.1) is 23.0 Å². The van der Waals surface area contributed by atoms with Crippen LogP contribution in [-0.2, 0) is 17.5 Å². The molecule has 5 rings (SSSR count). The lowest BCUT2D eigenvalue weighted by molar-refractivity contribution is -0.138. The Morgan fingerprint density at radius 2 is 1.64 bits per heavy atom. The Morgan fingerprint density at radius 3 is 2.30 bits per heavy atom. The first-order valence-electron chi connectivity index (χ1n) is 14.1. The van der Waals surface area contributed by atoms with Crippen molar-refractivity contribution in [3.05, 3.63) is 64.8 Å². The summed E-state index contributed by atoms with van der Waals surface area (Å²) >= 11 is 0. The normalized spacial score (nSPS) is 15.8. The Labute approximate surface area is 252 Å². The van der Waals surface area contributed by atoms with Crippen LogP contribution in [0.15, 0.2) is 42.6 Å². The number of nitrogens with zero attached hydrogens (tertiary/aromatic N) is 6. The Bertz CT molecular complexity index is 1600. The lowest BCUT2D eigenvalue weighted by Crippen LogP contribution is -2.45. The minimum absolute atomic E-state index is 0.0691. The molecule has 0 atom stereocenters. The van der Waals surface area contributed by atoms with E-state index >= 15 is 0 Å². The molecule has 2 aliphatic rings. The molecule has 0 saturated carbocycles. The van der Waals surface area contributed by atoms with E-state index in [1.807, 2.05) is 4.90 Å². The van der Waals surface area contributed by atoms with Crippen LogP contribution in [0, 0.1) is 0 Å². The van der Waals surface area contributed by atoms with Gasteiger partial charge in [-0.1, -0.05) is 13.0 Å². The molecule has 0 spiro atoms. The first kappa shape index (κ1) is 30.9. The van der Waals surface area contributed by atoms with Crippen LogP contribution in [0.4, 0.5) is 42.0 Å². The molecule has 232 valence electrons. The second kappa shape index (κ2) is 12.2. The van der Waals surface area contributed by atoms with Crippen LogP contribution in [0.2, 0.25) is 0 Å². The fourth-order valence-electron chi connectivity index (χ4n) is 5.38. The van der Waals surface area contributed by atoms with Gasteiger partial charge in [0.1, 0.15) is 5.69 Å². The summed E-state index contributed by atoms with van der Waals surface area (Å²) in [6.45, 7) is 7.36. The number of halogens is 3. The summed E-state index contributed by atoms with van der Waals surface area (Å²) in [5.41, 5.74) is 0.425. The summed E-state index contributed by atoms with van der Waals surface area (Å²) in [5.74, 6) is -1.08. The molecule has 44 heavy (non-hydrogen) atoms. The third kappa shape index (κ3) is 6.36. The second-order valence-electron chi connectivity index (χ2n) is 10.8. The minimum atomic E-state index is -4.64. The van der Waals surface area contributed by atoms with Crippen molar-refractivity contribution in [2.75, 3.05) is 67.3 Å². The predicted molar refractivity (Wildman–Crippen MR) is 160 cm³/mol. The predicted octanol–water partition coefficient (Wildman–Crippen LogP) is 4.20. The van der Waals surface area contributed by atoms with Gasteiger partial charge in [-0.25, -0.2) is 4.98 Å². The third-order valence-corrected chi connectivity index (χ3v) is 7.85. The van der Waals surface area contributed by atoms with E-state index < -0.39 is 23.6 Å². The number of hydrogen-bond acceptors (Lipinski definition) is 8. The van der Waals surface area contributed by atoms with E-state index in [0.29, 0.717) is 30.3 Å². The maximum absolute atomic E-state index is 14.1. The van der Waals surface area contributed by atoms with Gasteiger partial charge in [-0.3, -0.25) is 24.6 Å². The van der Waals surface area contributed by atoms with Crippen molar-refractivity contribution in [1.29, 1.82) is 0 Å². The Kier molecular flexibility index (Phi) is 8.57. The highest BCUT2D eigenvalue weighted by Crippen LogP contribution is 2.39. The van der Waals surface area contributed by atoms with E-state index in [0.717, 1.165) is 25.7 Å². The van der Waals surface area contributed by atoms with Gasteiger partial charge < -0.3 is 20.0 Å². The van der Waals surface area contributed by atoms with Gasteiger partial charge in [-0.2, -0.15) is 18.2 Å². The number of fused-ring (bicyclic) bond motifs is 2. The summed E-state index contributed by atoms with van der Waals surface area (Å²) in [6.07, 6.45) is -3.22. The molecule has 3 aromatic rings. The molecular formula is C30H33F3N8O3. The van der Waals surface area contributed by atoms with Crippen molar-refractivity contribution in [3.63, 3.8) is 0 Å². The molecule has 2 N–H and O–H groups in total. The number of alkyl halides is 3. The van der Waals surface area contributed by atoms with Crippen molar-refractivity contribution in [2.45, 2.75) is 26.6 Å². The highest BCUT2D eigenvalue weighted by molar-refractivity contribution is 6.14. The summed E-state index contributed by atoms with van der Waals surface area (Å²) in [7, 11) is 3.23. The molecule has 0 aliphatic carbocycles. The van der Waals surface area contributed by atoms with E-state index in [1.54, 1.807) is 31.1 Å². The average molecular weight is 611 g/mol. The van der Waals surface area contributed by atoms with Crippen LogP contribution in [-0.4, -0.2) is 84.3 Å². The van der Waals surface area contributed by atoms with Crippen molar-refractivity contribution in [2.24, 2.45) is 0 Å². The molecule has 1 aromatic heterocycles. The fraction of sp³-hybridized carbons (Fsp3) is 0.367. The molecule has 2 aromatic carbocycles. The maximum Gasteiger partial charge on any atom is 0.416 e. The highest BCUT2D eigenvalue weighted by Gasteiger charge is 2.35. The van der Waals surface area contributed by atoms with E-state index in [9.17, 15) is 27.6 Å². The maximum atomic E-state index is 14.1. The number of carbonyl (C=O) groups excluding carboxylic acids is 3. The highest BCUT2D eigenvalue weighted by atomic mass is 19.4. The van der Waals surface area contributed by atoms with Crippen LogP contribution in [0.5, 0.6) is 0 Å². The first-order chi connectivity index (χ1) is 20.8. The number of nitrogens with one attached hydrogen (secondary N) is 2. The Morgan fingerprint density at radius 1 is 0.932 bits per heavy atom. The van der Waals surface area contributed by atoms with E-state index in [1.165, 1.54) is 36.2 Å². The number of carbonyl (C=O) groups is 3. The molecule has 3 amide bonds. The number of amides is 3. The van der Waals surface area contributed by atoms with Gasteiger partial charge in [0.25, 0.3) is 11.8 Å². The van der Waals surface area contributed by atoms with Gasteiger partial charge >= 0.3 is 6.18 Å². The zero-order valence-electron chi connectivity index (χ0n) is 24.8. The smallest absolute Gasteiger partial charge is 0.327 e. The van der Waals surface area contributed by atoms with Crippen molar-refractivity contribution < 1.29 is 27.6 Å². The number of piperazine rings is 1. The van der Waals surface area contributed by atoms with Gasteiger partial charge in [0, 0.05) is 65.0 Å². The standard InChI is InChI=1S/C30H33F3N8O3/c1-5-40-10-12-41(13-11-40)17-20-7-6-19(14-23(20)30(31,32)33)27(43)36-21-8-9-24-22(15-21)28(44)39(4)25-16-34-29(35-18(2)42)37-26(25)38(24)3/h6-9,14-16H,5,10-13,17H2,1-4H3,(H,36,43)(H,34,35,37,42). The van der Waals surface area contributed by atoms with Gasteiger partial charge in [-0.15, -0.1) is 0 Å². The summed E-state index contributed by atoms with van der Waals surface area (Å²) in [5, 5.41) is 5.15. The summed E-state index contributed by atoms with van der Waals surface area (Å²) in [6, 6.07) is 8.25. The lowest BCUT2D eigenvalue weighted by Gasteiger charge is -2.34. The van der Waals surface area contributed by atoms with Gasteiger partial charge in [-0.05, 0) is 42.4 Å². The van der Waals surface area contributed by atoms with Crippen LogP contribution in [0.25, 0.3) is 0 Å². The summed E-state index contributed by atoms with van der Waals surface area (Å²) < 4.78 is 42.3. The molecule has 2 aliphatic heterocycles. The van der Waals surface area contributed by atoms with Crippen LogP contribution in [0.3, 0.4) is 0 Å². The van der Waals surface area contributed by atoms with Gasteiger partial charge in [0.2, 0.25) is 11.9 Å². The van der Waals surface area contributed by atoms with Crippen LogP contribution in [0.1, 0.15) is 45.7 Å². The molecule has 14 heteroatoms. The van der Waals surface area contributed by atoms with E-state index in [-0.39, 0.29) is 40.8 Å².